The molecule has 0 aromatic heterocycles. The number of benzene rings is 2. The van der Waals surface area contributed by atoms with E-state index in [9.17, 15) is 4.79 Å². The Hall–Kier alpha value is -3.15. The minimum Gasteiger partial charge on any atom is -0.497 e. The van der Waals surface area contributed by atoms with E-state index in [-0.39, 0.29) is 5.78 Å². The molecular weight excluding hydrogens is 336 g/mol. The molecule has 0 saturated heterocycles. The lowest BCUT2D eigenvalue weighted by Crippen LogP contribution is -2.03. The highest BCUT2D eigenvalue weighted by atomic mass is 16.5. The molecule has 0 atom stereocenters. The van der Waals surface area contributed by atoms with E-state index >= 15 is 0 Å². The van der Waals surface area contributed by atoms with Gasteiger partial charge in [0.15, 0.2) is 5.78 Å². The topological polar surface area (TPSA) is 63.2 Å². The molecule has 2 aromatic rings. The van der Waals surface area contributed by atoms with Crippen molar-refractivity contribution in [3.05, 3.63) is 47.5 Å². The Kier molecular flexibility index (Phi) is 6.49. The summed E-state index contributed by atoms with van der Waals surface area (Å²) in [6.07, 6.45) is 3.11. The molecule has 0 bridgehead atoms. The molecule has 2 rings (SSSR count). The number of hydrogen-bond donors (Lipinski definition) is 0. The second-order valence-electron chi connectivity index (χ2n) is 5.21. The number of methoxy groups -OCH3 is 5. The van der Waals surface area contributed by atoms with Crippen molar-refractivity contribution in [3.8, 4) is 28.7 Å². The third-order valence-corrected chi connectivity index (χ3v) is 3.82. The number of hydrogen-bond acceptors (Lipinski definition) is 6. The summed E-state index contributed by atoms with van der Waals surface area (Å²) in [6, 6.07) is 8.62. The van der Waals surface area contributed by atoms with Gasteiger partial charge in [-0.2, -0.15) is 0 Å². The lowest BCUT2D eigenvalue weighted by molar-refractivity contribution is 0.104. The first kappa shape index (κ1) is 19.2. The van der Waals surface area contributed by atoms with E-state index in [1.165, 1.54) is 27.4 Å². The van der Waals surface area contributed by atoms with Gasteiger partial charge < -0.3 is 23.7 Å². The standard InChI is InChI=1S/C20H22O6/c1-22-14-8-6-13(17(10-14)24-3)7-9-16(21)20-18(25-4)11-15(23-2)12-19(20)26-5/h6-12H,1-5H3/b9-7+. The summed E-state index contributed by atoms with van der Waals surface area (Å²) in [5, 5.41) is 0. The molecule has 26 heavy (non-hydrogen) atoms. The zero-order chi connectivity index (χ0) is 19.1. The summed E-state index contributed by atoms with van der Waals surface area (Å²) in [5.41, 5.74) is 1.06. The van der Waals surface area contributed by atoms with Gasteiger partial charge in [-0.05, 0) is 24.3 Å². The number of carbonyl (C=O) groups is 1. The third kappa shape index (κ3) is 4.08. The lowest BCUT2D eigenvalue weighted by atomic mass is 10.1. The van der Waals surface area contributed by atoms with Crippen LogP contribution in [0.2, 0.25) is 0 Å². The van der Waals surface area contributed by atoms with Gasteiger partial charge in [0, 0.05) is 23.8 Å². The zero-order valence-corrected chi connectivity index (χ0v) is 15.5. The van der Waals surface area contributed by atoms with Gasteiger partial charge in [0.05, 0.1) is 35.5 Å². The van der Waals surface area contributed by atoms with Crippen molar-refractivity contribution in [2.24, 2.45) is 0 Å². The average molecular weight is 358 g/mol. The van der Waals surface area contributed by atoms with E-state index in [0.29, 0.717) is 34.3 Å². The first-order chi connectivity index (χ1) is 12.6. The highest BCUT2D eigenvalue weighted by Gasteiger charge is 2.18. The van der Waals surface area contributed by atoms with Gasteiger partial charge in [0.1, 0.15) is 34.3 Å². The molecule has 2 aromatic carbocycles. The molecule has 0 fully saturated rings. The molecule has 6 heteroatoms. The highest BCUT2D eigenvalue weighted by molar-refractivity contribution is 6.10. The third-order valence-electron chi connectivity index (χ3n) is 3.82. The Balaban J connectivity index is 2.40. The van der Waals surface area contributed by atoms with E-state index in [4.69, 9.17) is 23.7 Å². The SMILES string of the molecule is COc1ccc(/C=C/C(=O)c2c(OC)cc(OC)cc2OC)c(OC)c1. The van der Waals surface area contributed by atoms with Crippen molar-refractivity contribution in [2.75, 3.05) is 35.5 Å². The van der Waals surface area contributed by atoms with Crippen molar-refractivity contribution in [3.63, 3.8) is 0 Å². The molecule has 6 nitrogen and oxygen atoms in total. The number of allylic oxidation sites excluding steroid dienone is 1. The van der Waals surface area contributed by atoms with Crippen LogP contribution in [0.25, 0.3) is 6.08 Å². The van der Waals surface area contributed by atoms with Crippen LogP contribution in [-0.2, 0) is 0 Å². The maximum absolute atomic E-state index is 12.7. The normalized spacial score (nSPS) is 10.5. The maximum Gasteiger partial charge on any atom is 0.193 e. The van der Waals surface area contributed by atoms with E-state index in [1.807, 2.05) is 6.07 Å². The summed E-state index contributed by atoms with van der Waals surface area (Å²) in [5.74, 6) is 2.29. The summed E-state index contributed by atoms with van der Waals surface area (Å²) < 4.78 is 26.4. The molecule has 0 radical (unpaired) electrons. The Labute approximate surface area is 152 Å². The van der Waals surface area contributed by atoms with Crippen LogP contribution in [0.15, 0.2) is 36.4 Å². The van der Waals surface area contributed by atoms with Crippen LogP contribution in [0.4, 0.5) is 0 Å². The van der Waals surface area contributed by atoms with Gasteiger partial charge >= 0.3 is 0 Å². The second kappa shape index (κ2) is 8.80. The van der Waals surface area contributed by atoms with E-state index < -0.39 is 0 Å². The van der Waals surface area contributed by atoms with Gasteiger partial charge in [0.25, 0.3) is 0 Å². The number of rotatable bonds is 8. The molecule has 0 spiro atoms. The van der Waals surface area contributed by atoms with Crippen molar-refractivity contribution in [2.45, 2.75) is 0 Å². The summed E-state index contributed by atoms with van der Waals surface area (Å²) >= 11 is 0. The Bertz CT molecular complexity index is 785. The monoisotopic (exact) mass is 358 g/mol. The number of carbonyl (C=O) groups excluding carboxylic acids is 1. The van der Waals surface area contributed by atoms with Crippen molar-refractivity contribution in [1.82, 2.24) is 0 Å². The fourth-order valence-electron chi connectivity index (χ4n) is 2.45. The number of ketones is 1. The van der Waals surface area contributed by atoms with Crippen LogP contribution in [0, 0.1) is 0 Å². The molecule has 0 N–H and O–H groups in total. The quantitative estimate of drug-likeness (QED) is 0.530. The Morgan fingerprint density at radius 2 is 1.27 bits per heavy atom. The van der Waals surface area contributed by atoms with E-state index in [1.54, 1.807) is 44.6 Å². The molecule has 0 aliphatic heterocycles. The fraction of sp³-hybridized carbons (Fsp3) is 0.250. The van der Waals surface area contributed by atoms with Gasteiger partial charge in [-0.1, -0.05) is 0 Å². The Morgan fingerprint density at radius 1 is 0.731 bits per heavy atom. The summed E-state index contributed by atoms with van der Waals surface area (Å²) in [6.45, 7) is 0. The maximum atomic E-state index is 12.7. The smallest absolute Gasteiger partial charge is 0.193 e. The van der Waals surface area contributed by atoms with Gasteiger partial charge in [-0.3, -0.25) is 4.79 Å². The van der Waals surface area contributed by atoms with Crippen LogP contribution in [0.1, 0.15) is 15.9 Å². The zero-order valence-electron chi connectivity index (χ0n) is 15.5. The Morgan fingerprint density at radius 3 is 1.77 bits per heavy atom. The summed E-state index contributed by atoms with van der Waals surface area (Å²) in [4.78, 5) is 12.7. The fourth-order valence-corrected chi connectivity index (χ4v) is 2.45. The summed E-state index contributed by atoms with van der Waals surface area (Å²) in [7, 11) is 7.65. The minimum absolute atomic E-state index is 0.265. The first-order valence-electron chi connectivity index (χ1n) is 7.82. The van der Waals surface area contributed by atoms with Crippen LogP contribution in [0.5, 0.6) is 28.7 Å². The van der Waals surface area contributed by atoms with Crippen LogP contribution < -0.4 is 23.7 Å². The van der Waals surface area contributed by atoms with Gasteiger partial charge in [-0.15, -0.1) is 0 Å². The molecule has 0 aliphatic rings. The molecule has 0 unspecified atom stereocenters. The molecular formula is C20H22O6. The van der Waals surface area contributed by atoms with Crippen LogP contribution in [0.3, 0.4) is 0 Å². The van der Waals surface area contributed by atoms with Gasteiger partial charge in [-0.25, -0.2) is 0 Å². The average Bonchev–Trinajstić information content (AvgIpc) is 2.70. The van der Waals surface area contributed by atoms with Crippen LogP contribution >= 0.6 is 0 Å². The van der Waals surface area contributed by atoms with Crippen molar-refractivity contribution < 1.29 is 28.5 Å². The lowest BCUT2D eigenvalue weighted by Gasteiger charge is -2.13. The second-order valence-corrected chi connectivity index (χ2v) is 5.21. The largest absolute Gasteiger partial charge is 0.497 e. The van der Waals surface area contributed by atoms with Gasteiger partial charge in [0.2, 0.25) is 0 Å². The predicted octanol–water partition coefficient (Wildman–Crippen LogP) is 3.63. The minimum atomic E-state index is -0.265. The van der Waals surface area contributed by atoms with Crippen molar-refractivity contribution in [1.29, 1.82) is 0 Å². The molecule has 0 aliphatic carbocycles. The molecule has 0 heterocycles. The van der Waals surface area contributed by atoms with E-state index in [2.05, 4.69) is 0 Å². The highest BCUT2D eigenvalue weighted by Crippen LogP contribution is 2.35. The molecule has 0 amide bonds. The molecule has 0 saturated carbocycles. The molecule has 138 valence electrons. The first-order valence-corrected chi connectivity index (χ1v) is 7.82. The van der Waals surface area contributed by atoms with Crippen molar-refractivity contribution >= 4 is 11.9 Å². The van der Waals surface area contributed by atoms with E-state index in [0.717, 1.165) is 5.56 Å². The van der Waals surface area contributed by atoms with Crippen LogP contribution in [-0.4, -0.2) is 41.3 Å². The number of ether oxygens (including phenoxy) is 5. The predicted molar refractivity (Wildman–Crippen MR) is 99.0 cm³/mol.